The van der Waals surface area contributed by atoms with Crippen LogP contribution in [0.25, 0.3) is 0 Å². The van der Waals surface area contributed by atoms with Gasteiger partial charge in [0.1, 0.15) is 0 Å². The minimum Gasteiger partial charge on any atom is -0.329 e. The van der Waals surface area contributed by atoms with Gasteiger partial charge in [-0.05, 0) is 51.4 Å². The Labute approximate surface area is 120 Å². The molecule has 0 aromatic carbocycles. The van der Waals surface area contributed by atoms with Crippen molar-refractivity contribution in [1.82, 2.24) is 9.80 Å². The van der Waals surface area contributed by atoms with Gasteiger partial charge < -0.3 is 10.6 Å². The molecular weight excluding hydrogens is 234 g/mol. The fraction of sp³-hybridized carbons (Fsp3) is 1.00. The lowest BCUT2D eigenvalue weighted by Crippen LogP contribution is -2.59. The van der Waals surface area contributed by atoms with Crippen molar-refractivity contribution in [2.24, 2.45) is 11.7 Å². The predicted octanol–water partition coefficient (Wildman–Crippen LogP) is 2.56. The van der Waals surface area contributed by atoms with Crippen LogP contribution in [0.15, 0.2) is 0 Å². The summed E-state index contributed by atoms with van der Waals surface area (Å²) in [5.74, 6) is 0.771. The highest BCUT2D eigenvalue weighted by atomic mass is 15.2. The summed E-state index contributed by atoms with van der Waals surface area (Å²) in [7, 11) is 0. The second kappa shape index (κ2) is 8.23. The summed E-state index contributed by atoms with van der Waals surface area (Å²) >= 11 is 0. The van der Waals surface area contributed by atoms with Crippen LogP contribution >= 0.6 is 0 Å². The molecule has 1 saturated heterocycles. The van der Waals surface area contributed by atoms with E-state index in [4.69, 9.17) is 5.73 Å². The number of hydrogen-bond donors (Lipinski definition) is 1. The van der Waals surface area contributed by atoms with Gasteiger partial charge in [-0.3, -0.25) is 4.90 Å². The fourth-order valence-electron chi connectivity index (χ4n) is 3.40. The predicted molar refractivity (Wildman–Crippen MR) is 84.5 cm³/mol. The molecule has 2 N–H and O–H groups in total. The summed E-state index contributed by atoms with van der Waals surface area (Å²) in [5.41, 5.74) is 6.45. The SMILES string of the molecule is CCCCN(CC)C1(CN)CCN(CC(C)C)CC1. The Morgan fingerprint density at radius 3 is 2.26 bits per heavy atom. The molecule has 0 aliphatic carbocycles. The fourth-order valence-corrected chi connectivity index (χ4v) is 3.40. The molecule has 0 aromatic heterocycles. The molecular formula is C16H35N3. The van der Waals surface area contributed by atoms with E-state index in [0.717, 1.165) is 19.0 Å². The highest BCUT2D eigenvalue weighted by molar-refractivity contribution is 4.96. The maximum absolute atomic E-state index is 6.17. The highest BCUT2D eigenvalue weighted by Gasteiger charge is 2.37. The van der Waals surface area contributed by atoms with Gasteiger partial charge >= 0.3 is 0 Å². The number of likely N-dealkylation sites (N-methyl/N-ethyl adjacent to an activating group) is 1. The monoisotopic (exact) mass is 269 g/mol. The average molecular weight is 269 g/mol. The van der Waals surface area contributed by atoms with E-state index in [1.807, 2.05) is 0 Å². The minimum absolute atomic E-state index is 0.275. The third-order valence-electron chi connectivity index (χ3n) is 4.62. The van der Waals surface area contributed by atoms with Crippen LogP contribution in [0.2, 0.25) is 0 Å². The molecule has 1 rings (SSSR count). The van der Waals surface area contributed by atoms with Gasteiger partial charge in [-0.15, -0.1) is 0 Å². The van der Waals surface area contributed by atoms with Gasteiger partial charge in [0.05, 0.1) is 0 Å². The number of unbranched alkanes of at least 4 members (excludes halogenated alkanes) is 1. The first-order valence-corrected chi connectivity index (χ1v) is 8.25. The normalized spacial score (nSPS) is 20.4. The number of hydrogen-bond acceptors (Lipinski definition) is 3. The number of nitrogens with zero attached hydrogens (tertiary/aromatic N) is 2. The molecule has 0 aromatic rings. The largest absolute Gasteiger partial charge is 0.329 e. The van der Waals surface area contributed by atoms with Crippen LogP contribution in [0.5, 0.6) is 0 Å². The number of rotatable bonds is 8. The zero-order valence-corrected chi connectivity index (χ0v) is 13.6. The summed E-state index contributed by atoms with van der Waals surface area (Å²) in [6.45, 7) is 16.0. The third kappa shape index (κ3) is 4.73. The molecule has 0 unspecified atom stereocenters. The third-order valence-corrected chi connectivity index (χ3v) is 4.62. The molecule has 0 saturated carbocycles. The van der Waals surface area contributed by atoms with Gasteiger partial charge in [0.25, 0.3) is 0 Å². The molecule has 1 fully saturated rings. The Bertz CT molecular complexity index is 232. The van der Waals surface area contributed by atoms with E-state index >= 15 is 0 Å². The van der Waals surface area contributed by atoms with Crippen molar-refractivity contribution in [3.8, 4) is 0 Å². The lowest BCUT2D eigenvalue weighted by molar-refractivity contribution is 0.0261. The van der Waals surface area contributed by atoms with E-state index in [9.17, 15) is 0 Å². The molecule has 19 heavy (non-hydrogen) atoms. The molecule has 0 spiro atoms. The van der Waals surface area contributed by atoms with Crippen LogP contribution in [0.4, 0.5) is 0 Å². The van der Waals surface area contributed by atoms with Crippen LogP contribution in [0.3, 0.4) is 0 Å². The Morgan fingerprint density at radius 2 is 1.84 bits per heavy atom. The van der Waals surface area contributed by atoms with Gasteiger partial charge in [0.2, 0.25) is 0 Å². The van der Waals surface area contributed by atoms with E-state index in [2.05, 4.69) is 37.5 Å². The van der Waals surface area contributed by atoms with E-state index < -0.39 is 0 Å². The summed E-state index contributed by atoms with van der Waals surface area (Å²) in [6, 6.07) is 0. The zero-order valence-electron chi connectivity index (χ0n) is 13.6. The second-order valence-electron chi connectivity index (χ2n) is 6.56. The Hall–Kier alpha value is -0.120. The standard InChI is InChI=1S/C16H35N3/c1-5-7-10-19(6-2)16(14-17)8-11-18(12-9-16)13-15(3)4/h15H,5-14,17H2,1-4H3. The van der Waals surface area contributed by atoms with Crippen molar-refractivity contribution >= 4 is 0 Å². The average Bonchev–Trinajstić information content (AvgIpc) is 2.41. The Morgan fingerprint density at radius 1 is 1.21 bits per heavy atom. The molecule has 1 heterocycles. The molecule has 114 valence electrons. The van der Waals surface area contributed by atoms with Gasteiger partial charge in [-0.1, -0.05) is 34.1 Å². The van der Waals surface area contributed by atoms with E-state index in [0.29, 0.717) is 0 Å². The van der Waals surface area contributed by atoms with Gasteiger partial charge in [-0.25, -0.2) is 0 Å². The second-order valence-corrected chi connectivity index (χ2v) is 6.56. The molecule has 3 nitrogen and oxygen atoms in total. The van der Waals surface area contributed by atoms with E-state index in [1.165, 1.54) is 51.9 Å². The first kappa shape index (κ1) is 16.9. The van der Waals surface area contributed by atoms with Crippen molar-refractivity contribution in [2.75, 3.05) is 39.3 Å². The van der Waals surface area contributed by atoms with Crippen molar-refractivity contribution in [3.63, 3.8) is 0 Å². The van der Waals surface area contributed by atoms with Crippen molar-refractivity contribution in [2.45, 2.75) is 58.9 Å². The van der Waals surface area contributed by atoms with Crippen molar-refractivity contribution in [1.29, 1.82) is 0 Å². The zero-order chi connectivity index (χ0) is 14.3. The van der Waals surface area contributed by atoms with Crippen LogP contribution in [0, 0.1) is 5.92 Å². The topological polar surface area (TPSA) is 32.5 Å². The van der Waals surface area contributed by atoms with Gasteiger partial charge in [-0.2, -0.15) is 0 Å². The summed E-state index contributed by atoms with van der Waals surface area (Å²) < 4.78 is 0. The smallest absolute Gasteiger partial charge is 0.0355 e. The minimum atomic E-state index is 0.275. The maximum atomic E-state index is 6.17. The molecule has 0 atom stereocenters. The maximum Gasteiger partial charge on any atom is 0.0355 e. The summed E-state index contributed by atoms with van der Waals surface area (Å²) in [5, 5.41) is 0. The molecule has 0 bridgehead atoms. The number of likely N-dealkylation sites (tertiary alicyclic amines) is 1. The van der Waals surface area contributed by atoms with Crippen LogP contribution < -0.4 is 5.73 Å². The molecule has 3 heteroatoms. The number of nitrogens with two attached hydrogens (primary N) is 1. The molecule has 1 aliphatic rings. The lowest BCUT2D eigenvalue weighted by atomic mass is 9.85. The quantitative estimate of drug-likeness (QED) is 0.735. The van der Waals surface area contributed by atoms with Crippen molar-refractivity contribution < 1.29 is 0 Å². The van der Waals surface area contributed by atoms with Gasteiger partial charge in [0, 0.05) is 18.6 Å². The molecule has 0 amide bonds. The van der Waals surface area contributed by atoms with Crippen molar-refractivity contribution in [3.05, 3.63) is 0 Å². The molecule has 0 radical (unpaired) electrons. The van der Waals surface area contributed by atoms with Crippen LogP contribution in [-0.4, -0.2) is 54.6 Å². The van der Waals surface area contributed by atoms with E-state index in [-0.39, 0.29) is 5.54 Å². The van der Waals surface area contributed by atoms with Gasteiger partial charge in [0.15, 0.2) is 0 Å². The highest BCUT2D eigenvalue weighted by Crippen LogP contribution is 2.28. The first-order chi connectivity index (χ1) is 9.07. The molecule has 1 aliphatic heterocycles. The summed E-state index contributed by atoms with van der Waals surface area (Å²) in [6.07, 6.45) is 5.06. The van der Waals surface area contributed by atoms with E-state index in [1.54, 1.807) is 0 Å². The summed E-state index contributed by atoms with van der Waals surface area (Å²) in [4.78, 5) is 5.27. The van der Waals surface area contributed by atoms with Crippen LogP contribution in [0.1, 0.15) is 53.4 Å². The number of piperidine rings is 1. The Kier molecular flexibility index (Phi) is 7.33. The lowest BCUT2D eigenvalue weighted by Gasteiger charge is -2.48. The first-order valence-electron chi connectivity index (χ1n) is 8.25. The van der Waals surface area contributed by atoms with Crippen LogP contribution in [-0.2, 0) is 0 Å². The Balaban J connectivity index is 2.57.